The van der Waals surface area contributed by atoms with Crippen LogP contribution >= 0.6 is 0 Å². The first-order valence-corrected chi connectivity index (χ1v) is 7.60. The van der Waals surface area contributed by atoms with Gasteiger partial charge in [0, 0.05) is 35.7 Å². The molecular weight excluding hydrogens is 232 g/mol. The standard InChI is InChI=1S/C17H24N2/c1-3-19-16(12-18-15-6-4-5-7-15)11-14-10-13(2)8-9-17(14)19/h8-11,15,18H,3-7,12H2,1-2H3. The number of nitrogens with one attached hydrogen (secondary N) is 1. The van der Waals surface area contributed by atoms with E-state index in [2.05, 4.69) is 48.0 Å². The largest absolute Gasteiger partial charge is 0.344 e. The van der Waals surface area contributed by atoms with E-state index in [0.29, 0.717) is 0 Å². The van der Waals surface area contributed by atoms with Crippen LogP contribution in [0, 0.1) is 6.92 Å². The SMILES string of the molecule is CCn1c(CNC2CCCC2)cc2cc(C)ccc21. The molecule has 1 aliphatic rings. The van der Waals surface area contributed by atoms with Crippen molar-refractivity contribution in [2.24, 2.45) is 0 Å². The van der Waals surface area contributed by atoms with E-state index >= 15 is 0 Å². The lowest BCUT2D eigenvalue weighted by Gasteiger charge is -2.13. The second-order valence-electron chi connectivity index (χ2n) is 5.80. The highest BCUT2D eigenvalue weighted by atomic mass is 15.0. The van der Waals surface area contributed by atoms with E-state index < -0.39 is 0 Å². The van der Waals surface area contributed by atoms with Gasteiger partial charge in [0.05, 0.1) is 0 Å². The third kappa shape index (κ3) is 2.55. The monoisotopic (exact) mass is 256 g/mol. The van der Waals surface area contributed by atoms with Crippen LogP contribution in [-0.4, -0.2) is 10.6 Å². The molecule has 0 aliphatic heterocycles. The maximum absolute atomic E-state index is 3.73. The molecule has 3 rings (SSSR count). The van der Waals surface area contributed by atoms with E-state index in [9.17, 15) is 0 Å². The number of hydrogen-bond acceptors (Lipinski definition) is 1. The van der Waals surface area contributed by atoms with Crippen LogP contribution in [0.25, 0.3) is 10.9 Å². The molecule has 1 saturated carbocycles. The van der Waals surface area contributed by atoms with Gasteiger partial charge in [0.2, 0.25) is 0 Å². The van der Waals surface area contributed by atoms with E-state index in [1.165, 1.54) is 47.8 Å². The fraction of sp³-hybridized carbons (Fsp3) is 0.529. The minimum Gasteiger partial charge on any atom is -0.344 e. The van der Waals surface area contributed by atoms with Crippen molar-refractivity contribution in [1.82, 2.24) is 9.88 Å². The van der Waals surface area contributed by atoms with E-state index in [4.69, 9.17) is 0 Å². The number of aromatic nitrogens is 1. The fourth-order valence-electron chi connectivity index (χ4n) is 3.35. The Morgan fingerprint density at radius 2 is 2.00 bits per heavy atom. The zero-order valence-corrected chi connectivity index (χ0v) is 12.1. The van der Waals surface area contributed by atoms with Crippen LogP contribution in [0.3, 0.4) is 0 Å². The molecule has 1 heterocycles. The van der Waals surface area contributed by atoms with Crippen LogP contribution in [0.4, 0.5) is 0 Å². The van der Waals surface area contributed by atoms with E-state index in [-0.39, 0.29) is 0 Å². The highest BCUT2D eigenvalue weighted by molar-refractivity contribution is 5.82. The molecule has 1 fully saturated rings. The zero-order valence-electron chi connectivity index (χ0n) is 12.1. The van der Waals surface area contributed by atoms with Crippen molar-refractivity contribution in [3.05, 3.63) is 35.5 Å². The molecule has 1 N–H and O–H groups in total. The van der Waals surface area contributed by atoms with Gasteiger partial charge in [-0.3, -0.25) is 0 Å². The highest BCUT2D eigenvalue weighted by Crippen LogP contribution is 2.23. The van der Waals surface area contributed by atoms with Gasteiger partial charge in [0.1, 0.15) is 0 Å². The molecule has 0 radical (unpaired) electrons. The first-order valence-electron chi connectivity index (χ1n) is 7.60. The summed E-state index contributed by atoms with van der Waals surface area (Å²) in [5.74, 6) is 0. The van der Waals surface area contributed by atoms with Gasteiger partial charge in [-0.1, -0.05) is 24.5 Å². The molecular formula is C17H24N2. The molecule has 2 heteroatoms. The molecule has 19 heavy (non-hydrogen) atoms. The van der Waals surface area contributed by atoms with Crippen molar-refractivity contribution in [3.63, 3.8) is 0 Å². The lowest BCUT2D eigenvalue weighted by Crippen LogP contribution is -2.26. The molecule has 0 saturated heterocycles. The smallest absolute Gasteiger partial charge is 0.0483 e. The van der Waals surface area contributed by atoms with Crippen molar-refractivity contribution in [2.45, 2.75) is 58.7 Å². The van der Waals surface area contributed by atoms with Gasteiger partial charge < -0.3 is 9.88 Å². The van der Waals surface area contributed by atoms with Crippen molar-refractivity contribution in [3.8, 4) is 0 Å². The molecule has 0 spiro atoms. The first kappa shape index (κ1) is 12.7. The number of benzene rings is 1. The Morgan fingerprint density at radius 1 is 1.21 bits per heavy atom. The zero-order chi connectivity index (χ0) is 13.2. The average molecular weight is 256 g/mol. The molecule has 0 bridgehead atoms. The average Bonchev–Trinajstić information content (AvgIpc) is 3.02. The molecule has 1 aromatic heterocycles. The van der Waals surface area contributed by atoms with E-state index in [1.54, 1.807) is 0 Å². The maximum atomic E-state index is 3.73. The van der Waals surface area contributed by atoms with Crippen molar-refractivity contribution < 1.29 is 0 Å². The van der Waals surface area contributed by atoms with Crippen LogP contribution in [0.1, 0.15) is 43.9 Å². The second-order valence-corrected chi connectivity index (χ2v) is 5.80. The van der Waals surface area contributed by atoms with Gasteiger partial charge in [-0.15, -0.1) is 0 Å². The van der Waals surface area contributed by atoms with Crippen LogP contribution < -0.4 is 5.32 Å². The summed E-state index contributed by atoms with van der Waals surface area (Å²) in [6.45, 7) is 6.46. The molecule has 0 unspecified atom stereocenters. The summed E-state index contributed by atoms with van der Waals surface area (Å²) >= 11 is 0. The minimum atomic E-state index is 0.741. The number of hydrogen-bond donors (Lipinski definition) is 1. The van der Waals surface area contributed by atoms with Gasteiger partial charge in [0.15, 0.2) is 0 Å². The number of nitrogens with zero attached hydrogens (tertiary/aromatic N) is 1. The molecule has 0 atom stereocenters. The summed E-state index contributed by atoms with van der Waals surface area (Å²) in [6, 6.07) is 9.86. The normalized spacial score (nSPS) is 16.5. The van der Waals surface area contributed by atoms with Crippen molar-refractivity contribution in [1.29, 1.82) is 0 Å². The molecule has 0 amide bonds. The van der Waals surface area contributed by atoms with E-state index in [1.807, 2.05) is 0 Å². The predicted octanol–water partition coefficient (Wildman–Crippen LogP) is 4.00. The molecule has 102 valence electrons. The maximum Gasteiger partial charge on any atom is 0.0483 e. The molecule has 1 aromatic carbocycles. The quantitative estimate of drug-likeness (QED) is 0.875. The molecule has 1 aliphatic carbocycles. The third-order valence-electron chi connectivity index (χ3n) is 4.39. The summed E-state index contributed by atoms with van der Waals surface area (Å²) < 4.78 is 2.44. The second kappa shape index (κ2) is 5.38. The minimum absolute atomic E-state index is 0.741. The molecule has 2 nitrogen and oxygen atoms in total. The van der Waals surface area contributed by atoms with Gasteiger partial charge in [0.25, 0.3) is 0 Å². The Morgan fingerprint density at radius 3 is 2.74 bits per heavy atom. The van der Waals surface area contributed by atoms with Crippen molar-refractivity contribution in [2.75, 3.05) is 0 Å². The Bertz CT molecular complexity index is 562. The van der Waals surface area contributed by atoms with E-state index in [0.717, 1.165) is 19.1 Å². The summed E-state index contributed by atoms with van der Waals surface area (Å²) in [7, 11) is 0. The lowest BCUT2D eigenvalue weighted by atomic mass is 10.2. The molecule has 2 aromatic rings. The number of aryl methyl sites for hydroxylation is 2. The van der Waals surface area contributed by atoms with Gasteiger partial charge in [-0.25, -0.2) is 0 Å². The van der Waals surface area contributed by atoms with Gasteiger partial charge >= 0.3 is 0 Å². The topological polar surface area (TPSA) is 17.0 Å². The Balaban J connectivity index is 1.84. The third-order valence-corrected chi connectivity index (χ3v) is 4.39. The fourth-order valence-corrected chi connectivity index (χ4v) is 3.35. The van der Waals surface area contributed by atoms with Crippen LogP contribution in [-0.2, 0) is 13.1 Å². The first-order chi connectivity index (χ1) is 9.28. The Labute approximate surface area is 115 Å². The predicted molar refractivity (Wildman–Crippen MR) is 81.4 cm³/mol. The Kier molecular flexibility index (Phi) is 3.61. The summed E-state index contributed by atoms with van der Waals surface area (Å²) in [5, 5.41) is 5.11. The number of rotatable bonds is 4. The van der Waals surface area contributed by atoms with Crippen LogP contribution in [0.5, 0.6) is 0 Å². The van der Waals surface area contributed by atoms with Gasteiger partial charge in [-0.2, -0.15) is 0 Å². The summed E-state index contributed by atoms with van der Waals surface area (Å²) in [5.41, 5.74) is 4.14. The van der Waals surface area contributed by atoms with Crippen LogP contribution in [0.2, 0.25) is 0 Å². The van der Waals surface area contributed by atoms with Gasteiger partial charge in [-0.05, 0) is 44.9 Å². The lowest BCUT2D eigenvalue weighted by molar-refractivity contribution is 0.510. The van der Waals surface area contributed by atoms with Crippen LogP contribution in [0.15, 0.2) is 24.3 Å². The summed E-state index contributed by atoms with van der Waals surface area (Å²) in [4.78, 5) is 0. The number of fused-ring (bicyclic) bond motifs is 1. The summed E-state index contributed by atoms with van der Waals surface area (Å²) in [6.07, 6.45) is 5.50. The van der Waals surface area contributed by atoms with Crippen molar-refractivity contribution >= 4 is 10.9 Å². The Hall–Kier alpha value is -1.28. The highest BCUT2D eigenvalue weighted by Gasteiger charge is 2.15.